The molecule has 1 aromatic carbocycles. The van der Waals surface area contributed by atoms with Gasteiger partial charge in [-0.25, -0.2) is 8.78 Å². The number of carbonyl (C=O) groups is 3. The highest BCUT2D eigenvalue weighted by Crippen LogP contribution is 2.39. The lowest BCUT2D eigenvalue weighted by atomic mass is 9.81. The number of nitrogens with one attached hydrogen (secondary N) is 3. The van der Waals surface area contributed by atoms with E-state index in [9.17, 15) is 23.2 Å². The van der Waals surface area contributed by atoms with Crippen LogP contribution >= 0.6 is 24.8 Å². The minimum atomic E-state index is -2.78. The van der Waals surface area contributed by atoms with Crippen LogP contribution in [0.3, 0.4) is 0 Å². The van der Waals surface area contributed by atoms with Crippen molar-refractivity contribution >= 4 is 42.5 Å². The number of likely N-dealkylation sites (N-methyl/N-ethyl adjacent to an activating group) is 1. The molecule has 3 amide bonds. The van der Waals surface area contributed by atoms with Gasteiger partial charge >= 0.3 is 0 Å². The Morgan fingerprint density at radius 1 is 1.09 bits per heavy atom. The van der Waals surface area contributed by atoms with Gasteiger partial charge in [0.2, 0.25) is 23.6 Å². The molecule has 5 rings (SSSR count). The molecule has 2 saturated heterocycles. The van der Waals surface area contributed by atoms with Crippen LogP contribution in [0, 0.1) is 5.92 Å². The van der Waals surface area contributed by atoms with Gasteiger partial charge in [0, 0.05) is 57.1 Å². The number of fused-ring (bicyclic) bond motifs is 2. The van der Waals surface area contributed by atoms with E-state index < -0.39 is 30.0 Å². The fourth-order valence-electron chi connectivity index (χ4n) is 6.98. The lowest BCUT2D eigenvalue weighted by Crippen LogP contribution is -2.66. The van der Waals surface area contributed by atoms with E-state index in [-0.39, 0.29) is 86.4 Å². The van der Waals surface area contributed by atoms with Crippen LogP contribution in [0.25, 0.3) is 0 Å². The van der Waals surface area contributed by atoms with Crippen LogP contribution in [-0.2, 0) is 19.1 Å². The zero-order valence-electron chi connectivity index (χ0n) is 26.1. The summed E-state index contributed by atoms with van der Waals surface area (Å²) in [7, 11) is 1.64. The molecule has 3 heterocycles. The van der Waals surface area contributed by atoms with Gasteiger partial charge in [-0.3, -0.25) is 19.3 Å². The van der Waals surface area contributed by atoms with E-state index >= 15 is 0 Å². The molecule has 0 bridgehead atoms. The number of alkyl halides is 2. The molecule has 1 aromatic rings. The Labute approximate surface area is 276 Å². The standard InChI is InChI=1S/C31H45F2N5O5.2ClH/c1-4-42-22-15-21-16-38(30(41)27(36-28(39)19(2)34-3)20-9-12-31(32,33)13-10-20)25(18-37(21)17-22)29(40)35-24-11-14-43-26-8-6-5-7-23(24)26;;/h5-8,19-22,24-25,27,34H,4,9-18H2,1-3H3,(H,35,40)(H,36,39);2*1H/t19-,21-,22?,24+,25?,27-;;/m0../s1. The summed E-state index contributed by atoms with van der Waals surface area (Å²) in [5.74, 6) is -3.56. The van der Waals surface area contributed by atoms with Crippen LogP contribution in [0.1, 0.15) is 64.0 Å². The lowest BCUT2D eigenvalue weighted by molar-refractivity contribution is -0.150. The van der Waals surface area contributed by atoms with Gasteiger partial charge in [-0.05, 0) is 52.1 Å². The quantitative estimate of drug-likeness (QED) is 0.368. The van der Waals surface area contributed by atoms with Crippen molar-refractivity contribution in [1.82, 2.24) is 25.8 Å². The Hall–Kier alpha value is -2.25. The fraction of sp³-hybridized carbons (Fsp3) is 0.710. The minimum Gasteiger partial charge on any atom is -0.493 e. The number of carbonyl (C=O) groups excluding carboxylic acids is 3. The maximum Gasteiger partial charge on any atom is 0.248 e. The number of halogens is 4. The second-order valence-electron chi connectivity index (χ2n) is 12.4. The van der Waals surface area contributed by atoms with Gasteiger partial charge in [0.15, 0.2) is 0 Å². The number of ether oxygens (including phenoxy) is 2. The van der Waals surface area contributed by atoms with Crippen molar-refractivity contribution in [2.45, 2.75) is 94.6 Å². The number of amides is 3. The van der Waals surface area contributed by atoms with Gasteiger partial charge in [-0.15, -0.1) is 24.8 Å². The third-order valence-corrected chi connectivity index (χ3v) is 9.57. The van der Waals surface area contributed by atoms with Crippen LogP contribution < -0.4 is 20.7 Å². The van der Waals surface area contributed by atoms with Crippen LogP contribution in [0.4, 0.5) is 8.78 Å². The fourth-order valence-corrected chi connectivity index (χ4v) is 6.98. The summed E-state index contributed by atoms with van der Waals surface area (Å²) in [5, 5.41) is 8.94. The SMILES string of the molecule is CCOC1C[C@H]2CN(C(=O)[C@@H](NC(=O)[C@H](C)NC)C3CCC(F)(F)CC3)C(C(=O)N[C@@H]3CCOc4ccccc43)CN2C1.Cl.Cl. The Morgan fingerprint density at radius 2 is 1.80 bits per heavy atom. The van der Waals surface area contributed by atoms with E-state index in [1.54, 1.807) is 18.9 Å². The highest BCUT2D eigenvalue weighted by Gasteiger charge is 2.48. The number of para-hydroxylation sites is 1. The molecule has 45 heavy (non-hydrogen) atoms. The number of benzene rings is 1. The highest BCUT2D eigenvalue weighted by atomic mass is 35.5. The van der Waals surface area contributed by atoms with Crippen LogP contribution in [-0.4, -0.2) is 104 Å². The summed E-state index contributed by atoms with van der Waals surface area (Å²) in [5.41, 5.74) is 0.889. The number of rotatable bonds is 9. The molecule has 0 radical (unpaired) electrons. The Morgan fingerprint density at radius 3 is 2.49 bits per heavy atom. The highest BCUT2D eigenvalue weighted by molar-refractivity contribution is 5.93. The summed E-state index contributed by atoms with van der Waals surface area (Å²) in [4.78, 5) is 45.3. The van der Waals surface area contributed by atoms with Crippen LogP contribution in [0.2, 0.25) is 0 Å². The van der Waals surface area contributed by atoms with E-state index in [4.69, 9.17) is 9.47 Å². The van der Waals surface area contributed by atoms with Crippen molar-refractivity contribution in [2.75, 3.05) is 39.9 Å². The third kappa shape index (κ3) is 8.57. The van der Waals surface area contributed by atoms with Crippen molar-refractivity contribution in [3.63, 3.8) is 0 Å². The molecular weight excluding hydrogens is 631 g/mol. The smallest absolute Gasteiger partial charge is 0.248 e. The second-order valence-corrected chi connectivity index (χ2v) is 12.4. The molecule has 2 unspecified atom stereocenters. The Kier molecular flexibility index (Phi) is 13.3. The van der Waals surface area contributed by atoms with E-state index in [0.717, 1.165) is 17.7 Å². The Balaban J connectivity index is 0.00000276. The van der Waals surface area contributed by atoms with Gasteiger partial charge in [0.1, 0.15) is 17.8 Å². The van der Waals surface area contributed by atoms with Crippen LogP contribution in [0.5, 0.6) is 5.75 Å². The molecule has 0 spiro atoms. The normalized spacial score (nSPS) is 27.4. The van der Waals surface area contributed by atoms with Gasteiger partial charge in [-0.1, -0.05) is 18.2 Å². The summed E-state index contributed by atoms with van der Waals surface area (Å²) in [6.45, 7) is 5.95. The maximum atomic E-state index is 14.5. The molecule has 10 nitrogen and oxygen atoms in total. The minimum absolute atomic E-state index is 0. The van der Waals surface area contributed by atoms with Crippen molar-refractivity contribution in [3.05, 3.63) is 29.8 Å². The molecule has 1 saturated carbocycles. The first-order valence-electron chi connectivity index (χ1n) is 15.6. The molecular formula is C31H47Cl2F2N5O5. The number of hydrogen-bond donors (Lipinski definition) is 3. The largest absolute Gasteiger partial charge is 0.493 e. The molecule has 254 valence electrons. The van der Waals surface area contributed by atoms with Gasteiger partial charge < -0.3 is 30.3 Å². The van der Waals surface area contributed by atoms with Gasteiger partial charge in [0.25, 0.3) is 0 Å². The molecule has 3 fully saturated rings. The second kappa shape index (κ2) is 16.0. The van der Waals surface area contributed by atoms with E-state index in [2.05, 4.69) is 20.9 Å². The monoisotopic (exact) mass is 677 g/mol. The first-order chi connectivity index (χ1) is 20.6. The summed E-state index contributed by atoms with van der Waals surface area (Å²) in [6, 6.07) is 4.92. The predicted molar refractivity (Wildman–Crippen MR) is 170 cm³/mol. The molecule has 14 heteroatoms. The van der Waals surface area contributed by atoms with E-state index in [0.29, 0.717) is 39.3 Å². The van der Waals surface area contributed by atoms with Crippen molar-refractivity contribution in [3.8, 4) is 5.75 Å². The van der Waals surface area contributed by atoms with E-state index in [1.807, 2.05) is 31.2 Å². The van der Waals surface area contributed by atoms with Gasteiger partial charge in [-0.2, -0.15) is 0 Å². The number of hydrogen-bond acceptors (Lipinski definition) is 7. The van der Waals surface area contributed by atoms with Crippen molar-refractivity contribution in [2.24, 2.45) is 5.92 Å². The molecule has 1 aliphatic carbocycles. The number of piperazine rings is 1. The number of nitrogens with zero attached hydrogens (tertiary/aromatic N) is 2. The topological polar surface area (TPSA) is 112 Å². The third-order valence-electron chi connectivity index (χ3n) is 9.57. The van der Waals surface area contributed by atoms with Crippen LogP contribution in [0.15, 0.2) is 24.3 Å². The first kappa shape index (κ1) is 37.2. The summed E-state index contributed by atoms with van der Waals surface area (Å²) < 4.78 is 39.9. The van der Waals surface area contributed by atoms with Crippen molar-refractivity contribution in [1.29, 1.82) is 0 Å². The molecule has 3 aliphatic heterocycles. The summed E-state index contributed by atoms with van der Waals surface area (Å²) in [6.07, 6.45) is 0.883. The predicted octanol–water partition coefficient (Wildman–Crippen LogP) is 3.08. The molecule has 0 aromatic heterocycles. The molecule has 3 N–H and O–H groups in total. The zero-order valence-corrected chi connectivity index (χ0v) is 27.8. The Bertz CT molecular complexity index is 1170. The summed E-state index contributed by atoms with van der Waals surface area (Å²) >= 11 is 0. The van der Waals surface area contributed by atoms with E-state index in [1.165, 1.54) is 0 Å². The van der Waals surface area contributed by atoms with Gasteiger partial charge in [0.05, 0.1) is 24.8 Å². The average molecular weight is 679 g/mol. The zero-order chi connectivity index (χ0) is 30.7. The maximum absolute atomic E-state index is 14.5. The average Bonchev–Trinajstić information content (AvgIpc) is 3.40. The molecule has 6 atom stereocenters. The molecule has 4 aliphatic rings. The first-order valence-corrected chi connectivity index (χ1v) is 15.6. The van der Waals surface area contributed by atoms with Crippen molar-refractivity contribution < 1.29 is 32.6 Å². The lowest BCUT2D eigenvalue weighted by Gasteiger charge is -2.45.